The fraction of sp³-hybridized carbons (Fsp3) is 0.185. The van der Waals surface area contributed by atoms with Crippen molar-refractivity contribution in [2.75, 3.05) is 6.61 Å². The number of nitrogens with zero attached hydrogens (tertiary/aromatic N) is 1. The van der Waals surface area contributed by atoms with Crippen LogP contribution in [0.1, 0.15) is 30.5 Å². The molecule has 0 unspecified atom stereocenters. The molecule has 0 saturated carbocycles. The van der Waals surface area contributed by atoms with E-state index in [1.165, 1.54) is 17.3 Å². The van der Waals surface area contributed by atoms with Crippen LogP contribution in [0, 0.1) is 3.57 Å². The normalized spacial score (nSPS) is 15.6. The molecule has 1 aliphatic heterocycles. The van der Waals surface area contributed by atoms with Gasteiger partial charge < -0.3 is 14.8 Å². The van der Waals surface area contributed by atoms with Crippen molar-refractivity contribution in [3.8, 4) is 11.5 Å². The number of hydrogen-bond acceptors (Lipinski definition) is 5. The van der Waals surface area contributed by atoms with Gasteiger partial charge in [0.05, 0.1) is 20.8 Å². The first-order valence-electron chi connectivity index (χ1n) is 11.1. The number of nitrogens with one attached hydrogen (secondary N) is 1. The monoisotopic (exact) mass is 584 g/mol. The van der Waals surface area contributed by atoms with Crippen LogP contribution in [-0.4, -0.2) is 17.7 Å². The first-order valence-corrected chi connectivity index (χ1v) is 13.0. The van der Waals surface area contributed by atoms with Crippen molar-refractivity contribution in [3.63, 3.8) is 0 Å². The molecule has 0 atom stereocenters. The van der Waals surface area contributed by atoms with E-state index in [1.54, 1.807) is 0 Å². The predicted octanol–water partition coefficient (Wildman–Crippen LogP) is 6.72. The molecule has 7 heteroatoms. The molecule has 0 bridgehead atoms. The Labute approximate surface area is 217 Å². The topological polar surface area (TPSA) is 59.9 Å². The van der Waals surface area contributed by atoms with E-state index in [-0.39, 0.29) is 5.91 Å². The summed E-state index contributed by atoms with van der Waals surface area (Å²) in [5.41, 5.74) is 4.02. The summed E-state index contributed by atoms with van der Waals surface area (Å²) < 4.78 is 12.9. The van der Waals surface area contributed by atoms with Crippen molar-refractivity contribution < 1.29 is 14.3 Å². The number of thioether (sulfide) groups is 1. The van der Waals surface area contributed by atoms with Crippen LogP contribution in [0.5, 0.6) is 11.5 Å². The average Bonchev–Trinajstić information content (AvgIpc) is 3.18. The lowest BCUT2D eigenvalue weighted by atomic mass is 10.1. The molecule has 3 aromatic carbocycles. The van der Waals surface area contributed by atoms with E-state index in [0.717, 1.165) is 26.8 Å². The smallest absolute Gasteiger partial charge is 0.264 e. The third-order valence-corrected chi connectivity index (χ3v) is 6.79. The van der Waals surface area contributed by atoms with Crippen molar-refractivity contribution in [1.82, 2.24) is 5.32 Å². The van der Waals surface area contributed by atoms with Crippen LogP contribution >= 0.6 is 34.4 Å². The Bertz CT molecular complexity index is 1220. The largest absolute Gasteiger partial charge is 0.490 e. The lowest BCUT2D eigenvalue weighted by molar-refractivity contribution is -0.115. The predicted molar refractivity (Wildman–Crippen MR) is 148 cm³/mol. The molecule has 4 rings (SSSR count). The SMILES string of the molecule is CCOc1cc(/C=C2\SC(=Nc3ccc(CC)cc3)NC2=O)cc(I)c1OCc1ccccc1. The van der Waals surface area contributed by atoms with Crippen LogP contribution in [0.2, 0.25) is 0 Å². The minimum Gasteiger partial charge on any atom is -0.490 e. The van der Waals surface area contributed by atoms with Crippen molar-refractivity contribution in [2.45, 2.75) is 26.9 Å². The van der Waals surface area contributed by atoms with Gasteiger partial charge in [0, 0.05) is 0 Å². The van der Waals surface area contributed by atoms with Gasteiger partial charge in [0.25, 0.3) is 5.91 Å². The van der Waals surface area contributed by atoms with Gasteiger partial charge >= 0.3 is 0 Å². The Balaban J connectivity index is 1.54. The van der Waals surface area contributed by atoms with Crippen molar-refractivity contribution in [3.05, 3.63) is 91.9 Å². The number of amidine groups is 1. The number of carbonyl (C=O) groups is 1. The maximum Gasteiger partial charge on any atom is 0.264 e. The molecular weight excluding hydrogens is 559 g/mol. The maximum atomic E-state index is 12.6. The molecule has 5 nitrogen and oxygen atoms in total. The molecule has 0 aromatic heterocycles. The molecule has 1 N–H and O–H groups in total. The quantitative estimate of drug-likeness (QED) is 0.236. The zero-order valence-corrected chi connectivity index (χ0v) is 22.0. The van der Waals surface area contributed by atoms with Crippen LogP contribution < -0.4 is 14.8 Å². The highest BCUT2D eigenvalue weighted by Crippen LogP contribution is 2.37. The zero-order chi connectivity index (χ0) is 23.9. The Morgan fingerprint density at radius 2 is 1.76 bits per heavy atom. The van der Waals surface area contributed by atoms with Crippen LogP contribution in [0.25, 0.3) is 6.08 Å². The summed E-state index contributed by atoms with van der Waals surface area (Å²) in [5.74, 6) is 1.20. The van der Waals surface area contributed by atoms with Crippen molar-refractivity contribution in [2.24, 2.45) is 4.99 Å². The van der Waals surface area contributed by atoms with Crippen LogP contribution in [0.15, 0.2) is 76.6 Å². The Morgan fingerprint density at radius 3 is 2.47 bits per heavy atom. The van der Waals surface area contributed by atoms with Gasteiger partial charge in [-0.25, -0.2) is 4.99 Å². The number of halogens is 1. The summed E-state index contributed by atoms with van der Waals surface area (Å²) in [6, 6.07) is 21.9. The molecule has 1 heterocycles. The molecule has 0 aliphatic carbocycles. The minimum absolute atomic E-state index is 0.161. The fourth-order valence-corrected chi connectivity index (χ4v) is 4.98. The minimum atomic E-state index is -0.161. The van der Waals surface area contributed by atoms with E-state index >= 15 is 0 Å². The fourth-order valence-electron chi connectivity index (χ4n) is 3.36. The number of rotatable bonds is 8. The molecule has 1 amide bonds. The number of hydrogen-bond donors (Lipinski definition) is 1. The molecule has 0 spiro atoms. The highest BCUT2D eigenvalue weighted by atomic mass is 127. The third-order valence-electron chi connectivity index (χ3n) is 5.08. The second kappa shape index (κ2) is 11.6. The van der Waals surface area contributed by atoms with Crippen LogP contribution in [0.4, 0.5) is 5.69 Å². The van der Waals surface area contributed by atoms with Gasteiger partial charge in [0.2, 0.25) is 0 Å². The summed E-state index contributed by atoms with van der Waals surface area (Å²) in [5, 5.41) is 3.43. The van der Waals surface area contributed by atoms with Gasteiger partial charge in [-0.2, -0.15) is 0 Å². The number of ether oxygens (including phenoxy) is 2. The van der Waals surface area contributed by atoms with Gasteiger partial charge in [-0.1, -0.05) is 49.4 Å². The lowest BCUT2D eigenvalue weighted by Gasteiger charge is -2.15. The Morgan fingerprint density at radius 1 is 1.00 bits per heavy atom. The van der Waals surface area contributed by atoms with Gasteiger partial charge in [0.15, 0.2) is 16.7 Å². The summed E-state index contributed by atoms with van der Waals surface area (Å²) in [4.78, 5) is 17.7. The van der Waals surface area contributed by atoms with Gasteiger partial charge in [-0.3, -0.25) is 4.79 Å². The number of carbonyl (C=O) groups excluding carboxylic acids is 1. The first-order chi connectivity index (χ1) is 16.6. The number of aliphatic imine (C=N–C) groups is 1. The molecule has 3 aromatic rings. The lowest BCUT2D eigenvalue weighted by Crippen LogP contribution is -2.19. The first kappa shape index (κ1) is 24.3. The molecule has 1 aliphatic rings. The summed E-state index contributed by atoms with van der Waals surface area (Å²) >= 11 is 3.58. The Hall–Kier alpha value is -2.78. The number of benzene rings is 3. The van der Waals surface area contributed by atoms with Crippen LogP contribution in [-0.2, 0) is 17.8 Å². The van der Waals surface area contributed by atoms with Crippen LogP contribution in [0.3, 0.4) is 0 Å². The molecule has 174 valence electrons. The Kier molecular flexibility index (Phi) is 8.29. The zero-order valence-electron chi connectivity index (χ0n) is 19.0. The van der Waals surface area contributed by atoms with E-state index in [0.29, 0.717) is 34.8 Å². The third kappa shape index (κ3) is 6.21. The molecular formula is C27H25IN2O3S. The van der Waals surface area contributed by atoms with E-state index in [4.69, 9.17) is 9.47 Å². The second-order valence-corrected chi connectivity index (χ2v) is 9.73. The number of aryl methyl sites for hydroxylation is 1. The van der Waals surface area contributed by atoms with Crippen molar-refractivity contribution >= 4 is 57.2 Å². The van der Waals surface area contributed by atoms with Crippen molar-refractivity contribution in [1.29, 1.82) is 0 Å². The highest BCUT2D eigenvalue weighted by Gasteiger charge is 2.24. The highest BCUT2D eigenvalue weighted by molar-refractivity contribution is 14.1. The molecule has 1 saturated heterocycles. The number of amides is 1. The van der Waals surface area contributed by atoms with E-state index in [9.17, 15) is 4.79 Å². The summed E-state index contributed by atoms with van der Waals surface area (Å²) in [7, 11) is 0. The summed E-state index contributed by atoms with van der Waals surface area (Å²) in [6.07, 6.45) is 2.84. The van der Waals surface area contributed by atoms with E-state index < -0.39 is 0 Å². The van der Waals surface area contributed by atoms with Gasteiger partial charge in [0.1, 0.15) is 6.61 Å². The maximum absolute atomic E-state index is 12.6. The standard InChI is InChI=1S/C27H25IN2O3S/c1-3-18-10-12-21(13-11-18)29-27-30-26(31)24(34-27)16-20-14-22(28)25(23(15-20)32-4-2)33-17-19-8-6-5-7-9-19/h5-16H,3-4,17H2,1-2H3,(H,29,30,31)/b24-16-. The molecule has 34 heavy (non-hydrogen) atoms. The van der Waals surface area contributed by atoms with Gasteiger partial charge in [-0.15, -0.1) is 0 Å². The second-order valence-electron chi connectivity index (χ2n) is 7.54. The van der Waals surface area contributed by atoms with E-state index in [2.05, 4.69) is 52.0 Å². The summed E-state index contributed by atoms with van der Waals surface area (Å²) in [6.45, 7) is 5.02. The van der Waals surface area contributed by atoms with E-state index in [1.807, 2.05) is 67.6 Å². The molecule has 1 fully saturated rings. The average molecular weight is 584 g/mol. The molecule has 0 radical (unpaired) electrons. The van der Waals surface area contributed by atoms with Gasteiger partial charge in [-0.05, 0) is 94.7 Å².